The lowest BCUT2D eigenvalue weighted by Crippen LogP contribution is -1.85. The molecule has 0 heterocycles. The van der Waals surface area contributed by atoms with Crippen LogP contribution >= 0.6 is 0 Å². The lowest BCUT2D eigenvalue weighted by Gasteiger charge is -2.05. The molecule has 0 N–H and O–H groups in total. The van der Waals surface area contributed by atoms with Gasteiger partial charge in [0, 0.05) is 0 Å². The predicted molar refractivity (Wildman–Crippen MR) is 68.8 cm³/mol. The molecule has 86 valence electrons. The third-order valence-corrected chi connectivity index (χ3v) is 2.26. The van der Waals surface area contributed by atoms with Gasteiger partial charge in [-0.3, -0.25) is 0 Å². The summed E-state index contributed by atoms with van der Waals surface area (Å²) in [5.74, 6) is 0. The fourth-order valence-electron chi connectivity index (χ4n) is 0.839. The minimum Gasteiger partial charge on any atom is -0.0885 e. The molecule has 0 unspecified atom stereocenters. The maximum Gasteiger partial charge on any atom is -0.0348 e. The average molecular weight is 198 g/mol. The first-order valence-corrected chi connectivity index (χ1v) is 5.65. The van der Waals surface area contributed by atoms with Gasteiger partial charge in [-0.15, -0.1) is 0 Å². The van der Waals surface area contributed by atoms with Gasteiger partial charge < -0.3 is 0 Å². The minimum atomic E-state index is 0. The molecule has 0 aliphatic heterocycles. The van der Waals surface area contributed by atoms with E-state index in [1.165, 1.54) is 64.2 Å². The van der Waals surface area contributed by atoms with Crippen molar-refractivity contribution < 1.29 is 0 Å². The van der Waals surface area contributed by atoms with Crippen molar-refractivity contribution in [2.24, 2.45) is 0 Å². The zero-order chi connectivity index (χ0) is 8.49. The van der Waals surface area contributed by atoms with Crippen LogP contribution in [0.2, 0.25) is 0 Å². The van der Waals surface area contributed by atoms with Crippen molar-refractivity contribution in [3.05, 3.63) is 12.2 Å². The SMILES string of the molecule is C.C.C1=CCCC1.C1CC1.C1CCC1. The zero-order valence-electron chi connectivity index (χ0n) is 8.23. The fourth-order valence-corrected chi connectivity index (χ4v) is 0.839. The summed E-state index contributed by atoms with van der Waals surface area (Å²) in [6.45, 7) is 0. The summed E-state index contributed by atoms with van der Waals surface area (Å²) in [7, 11) is 0. The van der Waals surface area contributed by atoms with Crippen LogP contribution in [0.15, 0.2) is 12.2 Å². The van der Waals surface area contributed by atoms with E-state index in [9.17, 15) is 0 Å². The molecule has 0 bridgehead atoms. The molecule has 0 aromatic rings. The molecule has 0 aromatic heterocycles. The Kier molecular flexibility index (Phi) is 14.7. The second-order valence-electron chi connectivity index (χ2n) is 3.88. The summed E-state index contributed by atoms with van der Waals surface area (Å²) in [6.07, 6.45) is 19.0. The summed E-state index contributed by atoms with van der Waals surface area (Å²) in [6, 6.07) is 0. The molecule has 3 rings (SSSR count). The number of allylic oxidation sites excluding steroid dienone is 2. The highest BCUT2D eigenvalue weighted by Crippen LogP contribution is 2.15. The third kappa shape index (κ3) is 14.3. The van der Waals surface area contributed by atoms with Gasteiger partial charge in [-0.2, -0.15) is 0 Å². The number of hydrogen-bond donors (Lipinski definition) is 0. The molecule has 0 saturated heterocycles. The second kappa shape index (κ2) is 12.7. The molecule has 0 heteroatoms. The quantitative estimate of drug-likeness (QED) is 0.436. The van der Waals surface area contributed by atoms with Crippen LogP contribution in [0.3, 0.4) is 0 Å². The summed E-state index contributed by atoms with van der Waals surface area (Å²) >= 11 is 0. The van der Waals surface area contributed by atoms with Crippen LogP contribution in [-0.2, 0) is 0 Å². The van der Waals surface area contributed by atoms with Gasteiger partial charge in [0.05, 0.1) is 0 Å². The third-order valence-electron chi connectivity index (χ3n) is 2.26. The Morgan fingerprint density at radius 3 is 0.786 bits per heavy atom. The molecule has 14 heavy (non-hydrogen) atoms. The maximum absolute atomic E-state index is 2.24. The van der Waals surface area contributed by atoms with E-state index in [0.717, 1.165) is 0 Å². The standard InChI is InChI=1S/C5H8.C4H8.C3H6.2CH4/c1-2-4-5-3-1;1-2-4-3-1;1-2-3-1;;/h1-2H,3-5H2;1-4H2;1-3H2;2*1H4. The zero-order valence-corrected chi connectivity index (χ0v) is 8.23. The van der Waals surface area contributed by atoms with Gasteiger partial charge >= 0.3 is 0 Å². The van der Waals surface area contributed by atoms with Gasteiger partial charge in [-0.1, -0.05) is 72.0 Å². The molecule has 0 spiro atoms. The maximum atomic E-state index is 2.24. The molecule has 0 radical (unpaired) electrons. The number of rotatable bonds is 0. The van der Waals surface area contributed by atoms with Crippen LogP contribution in [0.4, 0.5) is 0 Å². The topological polar surface area (TPSA) is 0 Å². The summed E-state index contributed by atoms with van der Waals surface area (Å²) < 4.78 is 0. The van der Waals surface area contributed by atoms with Crippen molar-refractivity contribution in [3.63, 3.8) is 0 Å². The molecule has 0 amide bonds. The molecular weight excluding hydrogens is 168 g/mol. The average Bonchev–Trinajstić information content (AvgIpc) is 2.70. The van der Waals surface area contributed by atoms with Crippen LogP contribution in [0.1, 0.15) is 79.1 Å². The van der Waals surface area contributed by atoms with Crippen LogP contribution in [0, 0.1) is 0 Å². The van der Waals surface area contributed by atoms with Gasteiger partial charge in [0.1, 0.15) is 0 Å². The lowest BCUT2D eigenvalue weighted by atomic mass is 10.0. The highest BCUT2D eigenvalue weighted by atomic mass is 14.0. The van der Waals surface area contributed by atoms with E-state index in [4.69, 9.17) is 0 Å². The molecule has 0 aromatic carbocycles. The molecular formula is C14H30. The van der Waals surface area contributed by atoms with Crippen molar-refractivity contribution in [3.8, 4) is 0 Å². The van der Waals surface area contributed by atoms with Crippen molar-refractivity contribution in [1.82, 2.24) is 0 Å². The van der Waals surface area contributed by atoms with Gasteiger partial charge in [-0.25, -0.2) is 0 Å². The van der Waals surface area contributed by atoms with E-state index >= 15 is 0 Å². The summed E-state index contributed by atoms with van der Waals surface area (Å²) in [4.78, 5) is 0. The largest absolute Gasteiger partial charge is 0.0885 e. The van der Waals surface area contributed by atoms with Crippen molar-refractivity contribution in [2.45, 2.75) is 79.1 Å². The normalized spacial score (nSPS) is 19.4. The van der Waals surface area contributed by atoms with E-state index in [1.54, 1.807) is 0 Å². The first-order chi connectivity index (χ1) is 6.00. The minimum absolute atomic E-state index is 0. The monoisotopic (exact) mass is 198 g/mol. The van der Waals surface area contributed by atoms with E-state index in [-0.39, 0.29) is 14.9 Å². The van der Waals surface area contributed by atoms with E-state index in [2.05, 4.69) is 12.2 Å². The van der Waals surface area contributed by atoms with Gasteiger partial charge in [-0.05, 0) is 19.3 Å². The molecule has 3 aliphatic carbocycles. The smallest absolute Gasteiger partial charge is 0.0348 e. The Labute approximate surface area is 91.8 Å². The van der Waals surface area contributed by atoms with Crippen LogP contribution < -0.4 is 0 Å². The Morgan fingerprint density at radius 1 is 0.429 bits per heavy atom. The molecule has 3 aliphatic rings. The lowest BCUT2D eigenvalue weighted by molar-refractivity contribution is 0.504. The van der Waals surface area contributed by atoms with E-state index in [1.807, 2.05) is 0 Å². The van der Waals surface area contributed by atoms with Crippen LogP contribution in [-0.4, -0.2) is 0 Å². The fraction of sp³-hybridized carbons (Fsp3) is 0.857. The number of hydrogen-bond acceptors (Lipinski definition) is 0. The van der Waals surface area contributed by atoms with Gasteiger partial charge in [0.2, 0.25) is 0 Å². The van der Waals surface area contributed by atoms with Gasteiger partial charge in [0.25, 0.3) is 0 Å². The molecule has 0 atom stereocenters. The van der Waals surface area contributed by atoms with Gasteiger partial charge in [0.15, 0.2) is 0 Å². The Hall–Kier alpha value is -0.260. The Balaban J connectivity index is 0. The Morgan fingerprint density at radius 2 is 0.714 bits per heavy atom. The predicted octanol–water partition coefficient (Wildman–Crippen LogP) is 5.73. The van der Waals surface area contributed by atoms with Crippen LogP contribution in [0.5, 0.6) is 0 Å². The van der Waals surface area contributed by atoms with E-state index in [0.29, 0.717) is 0 Å². The summed E-state index contributed by atoms with van der Waals surface area (Å²) in [5.41, 5.74) is 0. The highest BCUT2D eigenvalue weighted by molar-refractivity contribution is 4.88. The Bertz CT molecular complexity index is 94.5. The van der Waals surface area contributed by atoms with Crippen molar-refractivity contribution in [2.75, 3.05) is 0 Å². The van der Waals surface area contributed by atoms with E-state index < -0.39 is 0 Å². The first-order valence-electron chi connectivity index (χ1n) is 5.65. The molecule has 0 nitrogen and oxygen atoms in total. The van der Waals surface area contributed by atoms with Crippen molar-refractivity contribution >= 4 is 0 Å². The summed E-state index contributed by atoms with van der Waals surface area (Å²) in [5, 5.41) is 0. The molecule has 2 saturated carbocycles. The highest BCUT2D eigenvalue weighted by Gasteiger charge is 1.95. The van der Waals surface area contributed by atoms with Crippen molar-refractivity contribution in [1.29, 1.82) is 0 Å². The first kappa shape index (κ1) is 16.2. The second-order valence-corrected chi connectivity index (χ2v) is 3.88. The molecule has 2 fully saturated rings. The van der Waals surface area contributed by atoms with Crippen LogP contribution in [0.25, 0.3) is 0 Å².